The number of rotatable bonds is 5. The van der Waals surface area contributed by atoms with Crippen LogP contribution >= 0.6 is 35.0 Å². The summed E-state index contributed by atoms with van der Waals surface area (Å²) < 4.78 is 5.44. The lowest BCUT2D eigenvalue weighted by atomic mass is 10.2. The van der Waals surface area contributed by atoms with E-state index in [0.717, 1.165) is 12.1 Å². The molecule has 0 aliphatic rings. The predicted octanol–water partition coefficient (Wildman–Crippen LogP) is 2.45. The minimum Gasteiger partial charge on any atom is -0.416 e. The maximum absolute atomic E-state index is 6.08. The van der Waals surface area contributed by atoms with Crippen LogP contribution in [0.1, 0.15) is 11.5 Å². The van der Waals surface area contributed by atoms with Gasteiger partial charge in [0, 0.05) is 15.8 Å². The minimum atomic E-state index is 0.523. The molecule has 7 heteroatoms. The second-order valence-corrected chi connectivity index (χ2v) is 5.30. The average molecular weight is 305 g/mol. The summed E-state index contributed by atoms with van der Waals surface area (Å²) in [6.45, 7) is 0.739. The van der Waals surface area contributed by atoms with Crippen molar-refractivity contribution in [1.29, 1.82) is 0 Å². The molecule has 0 atom stereocenters. The summed E-state index contributed by atoms with van der Waals surface area (Å²) in [4.78, 5) is 0. The highest BCUT2D eigenvalue weighted by molar-refractivity contribution is 7.98. The average Bonchev–Trinajstić information content (AvgIpc) is 2.77. The number of nitrogens with zero attached hydrogens (tertiary/aromatic N) is 2. The molecule has 0 saturated carbocycles. The fourth-order valence-corrected chi connectivity index (χ4v) is 2.87. The third kappa shape index (κ3) is 3.38. The molecular formula is C11H12Cl2N3OS+. The minimum absolute atomic E-state index is 0.523. The lowest BCUT2D eigenvalue weighted by molar-refractivity contribution is -0.367. The molecule has 0 saturated heterocycles. The third-order valence-electron chi connectivity index (χ3n) is 2.24. The number of quaternary nitrogens is 1. The van der Waals surface area contributed by atoms with E-state index in [1.807, 2.05) is 18.2 Å². The Morgan fingerprint density at radius 3 is 2.61 bits per heavy atom. The van der Waals surface area contributed by atoms with E-state index in [-0.39, 0.29) is 0 Å². The summed E-state index contributed by atoms with van der Waals surface area (Å²) in [5, 5.41) is 9.68. The van der Waals surface area contributed by atoms with Gasteiger partial charge in [0.2, 0.25) is 5.89 Å². The van der Waals surface area contributed by atoms with Crippen LogP contribution in [-0.4, -0.2) is 16.7 Å². The van der Waals surface area contributed by atoms with Crippen molar-refractivity contribution in [2.24, 2.45) is 0 Å². The topological polar surface area (TPSA) is 66.6 Å². The largest absolute Gasteiger partial charge is 0.416 e. The summed E-state index contributed by atoms with van der Waals surface area (Å²) in [5.74, 6) is 1.21. The molecule has 1 aromatic heterocycles. The number of hydrogen-bond acceptors (Lipinski definition) is 4. The normalized spacial score (nSPS) is 10.8. The van der Waals surface area contributed by atoms with Gasteiger partial charge in [-0.25, -0.2) is 0 Å². The fourth-order valence-electron chi connectivity index (χ4n) is 1.35. The number of hydrogen-bond donors (Lipinski definition) is 1. The van der Waals surface area contributed by atoms with E-state index in [0.29, 0.717) is 33.3 Å². The van der Waals surface area contributed by atoms with Crippen molar-refractivity contribution in [3.8, 4) is 0 Å². The Labute approximate surface area is 119 Å². The van der Waals surface area contributed by atoms with Gasteiger partial charge < -0.3 is 10.2 Å². The Balaban J connectivity index is 2.02. The van der Waals surface area contributed by atoms with Crippen molar-refractivity contribution < 1.29 is 10.2 Å². The van der Waals surface area contributed by atoms with Crippen molar-refractivity contribution in [2.75, 3.05) is 6.54 Å². The van der Waals surface area contributed by atoms with Crippen LogP contribution in [0.4, 0.5) is 0 Å². The SMILES string of the molecule is [NH3+]CCc1nnc(SCc2c(Cl)cccc2Cl)o1. The van der Waals surface area contributed by atoms with Crippen LogP contribution in [0.15, 0.2) is 27.8 Å². The summed E-state index contributed by atoms with van der Waals surface area (Å²) >= 11 is 13.6. The van der Waals surface area contributed by atoms with Gasteiger partial charge in [-0.1, -0.05) is 41.0 Å². The number of benzene rings is 1. The van der Waals surface area contributed by atoms with Crippen LogP contribution in [0.25, 0.3) is 0 Å². The molecule has 3 N–H and O–H groups in total. The van der Waals surface area contributed by atoms with E-state index >= 15 is 0 Å². The monoisotopic (exact) mass is 304 g/mol. The standard InChI is InChI=1S/C11H11Cl2N3OS/c12-8-2-1-3-9(13)7(8)6-18-11-16-15-10(17-11)4-5-14/h1-3H,4-6,14H2/p+1. The van der Waals surface area contributed by atoms with E-state index < -0.39 is 0 Å². The molecule has 1 aromatic carbocycles. The van der Waals surface area contributed by atoms with Crippen molar-refractivity contribution in [3.05, 3.63) is 39.7 Å². The van der Waals surface area contributed by atoms with E-state index in [1.165, 1.54) is 11.8 Å². The highest BCUT2D eigenvalue weighted by Crippen LogP contribution is 2.30. The third-order valence-corrected chi connectivity index (χ3v) is 3.79. The van der Waals surface area contributed by atoms with Gasteiger partial charge in [-0.2, -0.15) is 0 Å². The maximum Gasteiger partial charge on any atom is 0.276 e. The summed E-state index contributed by atoms with van der Waals surface area (Å²) in [5.41, 5.74) is 4.62. The molecule has 2 aromatic rings. The molecule has 0 fully saturated rings. The second kappa shape index (κ2) is 6.43. The molecule has 0 amide bonds. The number of thioether (sulfide) groups is 1. The Morgan fingerprint density at radius 1 is 1.22 bits per heavy atom. The van der Waals surface area contributed by atoms with Crippen molar-refractivity contribution in [1.82, 2.24) is 10.2 Å². The number of aromatic nitrogens is 2. The van der Waals surface area contributed by atoms with Crippen LogP contribution in [0.2, 0.25) is 10.0 Å². The Bertz CT molecular complexity index is 513. The summed E-state index contributed by atoms with van der Waals surface area (Å²) in [7, 11) is 0. The molecule has 0 bridgehead atoms. The van der Waals surface area contributed by atoms with Gasteiger partial charge in [-0.15, -0.1) is 10.2 Å². The Kier molecular flexibility index (Phi) is 4.88. The highest BCUT2D eigenvalue weighted by atomic mass is 35.5. The van der Waals surface area contributed by atoms with Crippen LogP contribution in [0.5, 0.6) is 0 Å². The van der Waals surface area contributed by atoms with Crippen LogP contribution in [-0.2, 0) is 12.2 Å². The lowest BCUT2D eigenvalue weighted by Gasteiger charge is -2.03. The summed E-state index contributed by atoms with van der Waals surface area (Å²) in [6.07, 6.45) is 0.695. The Morgan fingerprint density at radius 2 is 1.94 bits per heavy atom. The number of halogens is 2. The molecule has 96 valence electrons. The molecule has 0 aliphatic carbocycles. The molecule has 0 aliphatic heterocycles. The van der Waals surface area contributed by atoms with Gasteiger partial charge in [0.25, 0.3) is 5.22 Å². The first-order chi connectivity index (χ1) is 8.70. The molecule has 18 heavy (non-hydrogen) atoms. The van der Waals surface area contributed by atoms with Crippen LogP contribution in [0, 0.1) is 0 Å². The predicted molar refractivity (Wildman–Crippen MR) is 71.8 cm³/mol. The Hall–Kier alpha value is -0.750. The van der Waals surface area contributed by atoms with Gasteiger partial charge in [0.15, 0.2) is 0 Å². The van der Waals surface area contributed by atoms with Crippen molar-refractivity contribution in [3.63, 3.8) is 0 Å². The zero-order valence-corrected chi connectivity index (χ0v) is 11.9. The smallest absolute Gasteiger partial charge is 0.276 e. The first kappa shape index (κ1) is 13.7. The van der Waals surface area contributed by atoms with Crippen molar-refractivity contribution >= 4 is 35.0 Å². The van der Waals surface area contributed by atoms with Gasteiger partial charge in [0.05, 0.1) is 13.0 Å². The maximum atomic E-state index is 6.08. The molecule has 0 spiro atoms. The van der Waals surface area contributed by atoms with Crippen LogP contribution < -0.4 is 5.73 Å². The quantitative estimate of drug-likeness (QED) is 0.862. The van der Waals surface area contributed by atoms with E-state index in [1.54, 1.807) is 0 Å². The lowest BCUT2D eigenvalue weighted by Crippen LogP contribution is -2.51. The molecule has 0 unspecified atom stereocenters. The first-order valence-electron chi connectivity index (χ1n) is 5.38. The van der Waals surface area contributed by atoms with Crippen LogP contribution in [0.3, 0.4) is 0 Å². The zero-order valence-electron chi connectivity index (χ0n) is 9.53. The van der Waals surface area contributed by atoms with E-state index in [4.69, 9.17) is 27.6 Å². The van der Waals surface area contributed by atoms with Gasteiger partial charge >= 0.3 is 0 Å². The van der Waals surface area contributed by atoms with Gasteiger partial charge in [-0.3, -0.25) is 0 Å². The molecule has 2 rings (SSSR count). The second-order valence-electron chi connectivity index (χ2n) is 3.55. The zero-order chi connectivity index (χ0) is 13.0. The van der Waals surface area contributed by atoms with E-state index in [9.17, 15) is 0 Å². The fraction of sp³-hybridized carbons (Fsp3) is 0.273. The molecule has 1 heterocycles. The highest BCUT2D eigenvalue weighted by Gasteiger charge is 2.10. The van der Waals surface area contributed by atoms with Gasteiger partial charge in [-0.05, 0) is 17.7 Å². The molecule has 4 nitrogen and oxygen atoms in total. The first-order valence-corrected chi connectivity index (χ1v) is 7.12. The van der Waals surface area contributed by atoms with E-state index in [2.05, 4.69) is 15.9 Å². The van der Waals surface area contributed by atoms with Gasteiger partial charge in [0.1, 0.15) is 0 Å². The molecular weight excluding hydrogens is 293 g/mol. The van der Waals surface area contributed by atoms with Crippen molar-refractivity contribution in [2.45, 2.75) is 17.4 Å². The summed E-state index contributed by atoms with van der Waals surface area (Å²) in [6, 6.07) is 5.44. The molecule has 0 radical (unpaired) electrons.